The van der Waals surface area contributed by atoms with Gasteiger partial charge in [0, 0.05) is 12.6 Å². The number of rotatable bonds is 5. The Labute approximate surface area is 101 Å². The van der Waals surface area contributed by atoms with Crippen molar-refractivity contribution < 1.29 is 18.0 Å². The first-order valence-electron chi connectivity index (χ1n) is 5.14. The molecule has 3 nitrogen and oxygen atoms in total. The summed E-state index contributed by atoms with van der Waals surface area (Å²) >= 11 is 0.384. The molecule has 7 heteroatoms. The Bertz CT molecular complexity index is 385. The molecule has 2 N–H and O–H groups in total. The predicted molar refractivity (Wildman–Crippen MR) is 58.9 cm³/mol. The number of Topliss-reactive ketones (excluding diaryl/α,β-unsaturated/α-hetero) is 1. The molecule has 0 fully saturated rings. The molecule has 17 heavy (non-hydrogen) atoms. The SMILES string of the molecule is CCC(CN)CC(=O)c1cnc(C(F)(F)F)s1. The van der Waals surface area contributed by atoms with E-state index in [0.717, 1.165) is 12.6 Å². The molecule has 96 valence electrons. The van der Waals surface area contributed by atoms with Gasteiger partial charge in [0.2, 0.25) is 0 Å². The highest BCUT2D eigenvalue weighted by Crippen LogP contribution is 2.33. The van der Waals surface area contributed by atoms with E-state index in [1.807, 2.05) is 6.92 Å². The molecular formula is C10H13F3N2OS. The summed E-state index contributed by atoms with van der Waals surface area (Å²) in [6, 6.07) is 0. The summed E-state index contributed by atoms with van der Waals surface area (Å²) in [4.78, 5) is 14.9. The largest absolute Gasteiger partial charge is 0.443 e. The summed E-state index contributed by atoms with van der Waals surface area (Å²) in [5.74, 6) is -0.311. The molecule has 0 radical (unpaired) electrons. The van der Waals surface area contributed by atoms with Gasteiger partial charge in [0.05, 0.1) is 4.88 Å². The number of ketones is 1. The molecule has 1 rings (SSSR count). The van der Waals surface area contributed by atoms with Crippen molar-refractivity contribution in [1.29, 1.82) is 0 Å². The fraction of sp³-hybridized carbons (Fsp3) is 0.600. The third kappa shape index (κ3) is 3.78. The third-order valence-corrected chi connectivity index (χ3v) is 3.49. The minimum atomic E-state index is -4.48. The first kappa shape index (κ1) is 14.1. The van der Waals surface area contributed by atoms with Crippen LogP contribution in [0.1, 0.15) is 34.4 Å². The Kier molecular flexibility index (Phi) is 4.64. The second kappa shape index (κ2) is 5.59. The van der Waals surface area contributed by atoms with Gasteiger partial charge < -0.3 is 5.73 Å². The molecule has 0 aromatic carbocycles. The smallest absolute Gasteiger partial charge is 0.330 e. The van der Waals surface area contributed by atoms with Crippen molar-refractivity contribution in [3.63, 3.8) is 0 Å². The van der Waals surface area contributed by atoms with E-state index in [9.17, 15) is 18.0 Å². The van der Waals surface area contributed by atoms with Crippen LogP contribution in [0.25, 0.3) is 0 Å². The van der Waals surface area contributed by atoms with Crippen LogP contribution in [0.2, 0.25) is 0 Å². The number of nitrogens with two attached hydrogens (primary N) is 1. The van der Waals surface area contributed by atoms with Crippen LogP contribution in [0.3, 0.4) is 0 Å². The van der Waals surface area contributed by atoms with Gasteiger partial charge in [0.25, 0.3) is 0 Å². The summed E-state index contributed by atoms with van der Waals surface area (Å²) < 4.78 is 36.8. The first-order chi connectivity index (χ1) is 7.88. The normalized spacial score (nSPS) is 13.7. The average molecular weight is 266 g/mol. The van der Waals surface area contributed by atoms with Crippen molar-refractivity contribution in [2.75, 3.05) is 6.54 Å². The van der Waals surface area contributed by atoms with E-state index in [2.05, 4.69) is 4.98 Å². The van der Waals surface area contributed by atoms with E-state index in [1.54, 1.807) is 0 Å². The molecular weight excluding hydrogens is 253 g/mol. The van der Waals surface area contributed by atoms with Crippen LogP contribution in [0.4, 0.5) is 13.2 Å². The number of hydrogen-bond donors (Lipinski definition) is 1. The van der Waals surface area contributed by atoms with E-state index in [-0.39, 0.29) is 23.0 Å². The zero-order chi connectivity index (χ0) is 13.1. The molecule has 0 spiro atoms. The fourth-order valence-electron chi connectivity index (χ4n) is 1.29. The maximum atomic E-state index is 12.3. The molecule has 0 aliphatic rings. The second-order valence-electron chi connectivity index (χ2n) is 3.66. The fourth-order valence-corrected chi connectivity index (χ4v) is 2.02. The van der Waals surface area contributed by atoms with Gasteiger partial charge in [-0.25, -0.2) is 4.98 Å². The lowest BCUT2D eigenvalue weighted by Crippen LogP contribution is -2.17. The number of alkyl halides is 3. The Morgan fingerprint density at radius 3 is 2.65 bits per heavy atom. The van der Waals surface area contributed by atoms with Gasteiger partial charge in [-0.2, -0.15) is 13.2 Å². The van der Waals surface area contributed by atoms with Crippen molar-refractivity contribution >= 4 is 17.1 Å². The number of carbonyl (C=O) groups excluding carboxylic acids is 1. The highest BCUT2D eigenvalue weighted by Gasteiger charge is 2.35. The van der Waals surface area contributed by atoms with Crippen molar-refractivity contribution in [1.82, 2.24) is 4.98 Å². The number of nitrogens with zero attached hydrogens (tertiary/aromatic N) is 1. The Morgan fingerprint density at radius 2 is 2.24 bits per heavy atom. The zero-order valence-corrected chi connectivity index (χ0v) is 10.1. The van der Waals surface area contributed by atoms with Gasteiger partial charge in [-0.05, 0) is 12.5 Å². The van der Waals surface area contributed by atoms with E-state index in [1.165, 1.54) is 0 Å². The van der Waals surface area contributed by atoms with Crippen molar-refractivity contribution in [2.24, 2.45) is 11.7 Å². The molecule has 1 atom stereocenters. The van der Waals surface area contributed by atoms with E-state index in [4.69, 9.17) is 5.73 Å². The van der Waals surface area contributed by atoms with Crippen LogP contribution in [-0.4, -0.2) is 17.3 Å². The molecule has 1 heterocycles. The lowest BCUT2D eigenvalue weighted by atomic mass is 9.99. The third-order valence-electron chi connectivity index (χ3n) is 2.41. The zero-order valence-electron chi connectivity index (χ0n) is 9.25. The number of aromatic nitrogens is 1. The van der Waals surface area contributed by atoms with Crippen molar-refractivity contribution in [3.8, 4) is 0 Å². The highest BCUT2D eigenvalue weighted by molar-refractivity contribution is 7.13. The predicted octanol–water partition coefficient (Wildman–Crippen LogP) is 2.72. The minimum absolute atomic E-state index is 0.0129. The topological polar surface area (TPSA) is 56.0 Å². The minimum Gasteiger partial charge on any atom is -0.330 e. The summed E-state index contributed by atoms with van der Waals surface area (Å²) in [6.07, 6.45) is -2.60. The molecule has 0 bridgehead atoms. The molecule has 1 unspecified atom stereocenters. The molecule has 0 aliphatic carbocycles. The first-order valence-corrected chi connectivity index (χ1v) is 5.96. The number of halogens is 3. The van der Waals surface area contributed by atoms with Crippen LogP contribution >= 0.6 is 11.3 Å². The van der Waals surface area contributed by atoms with Gasteiger partial charge in [-0.15, -0.1) is 11.3 Å². The van der Waals surface area contributed by atoms with Crippen molar-refractivity contribution in [3.05, 3.63) is 16.1 Å². The summed E-state index contributed by atoms with van der Waals surface area (Å²) in [6.45, 7) is 2.24. The average Bonchev–Trinajstić information content (AvgIpc) is 2.74. The molecule has 0 amide bonds. The number of thiazole rings is 1. The highest BCUT2D eigenvalue weighted by atomic mass is 32.1. The molecule has 0 saturated heterocycles. The summed E-state index contributed by atoms with van der Waals surface area (Å²) in [7, 11) is 0. The quantitative estimate of drug-likeness (QED) is 0.834. The van der Waals surface area contributed by atoms with Crippen LogP contribution in [-0.2, 0) is 6.18 Å². The van der Waals surface area contributed by atoms with Gasteiger partial charge in [0.15, 0.2) is 10.8 Å². The van der Waals surface area contributed by atoms with E-state index < -0.39 is 11.2 Å². The van der Waals surface area contributed by atoms with Gasteiger partial charge in [-0.1, -0.05) is 13.3 Å². The lowest BCUT2D eigenvalue weighted by Gasteiger charge is -2.09. The molecule has 1 aromatic rings. The van der Waals surface area contributed by atoms with Crippen LogP contribution in [0.15, 0.2) is 6.20 Å². The number of hydrogen-bond acceptors (Lipinski definition) is 4. The van der Waals surface area contributed by atoms with Gasteiger partial charge >= 0.3 is 6.18 Å². The van der Waals surface area contributed by atoms with Crippen LogP contribution in [0.5, 0.6) is 0 Å². The standard InChI is InChI=1S/C10H13F3N2OS/c1-2-6(4-14)3-7(16)8-5-15-9(17-8)10(11,12)13/h5-6H,2-4,14H2,1H3. The van der Waals surface area contributed by atoms with Crippen molar-refractivity contribution in [2.45, 2.75) is 25.9 Å². The van der Waals surface area contributed by atoms with Crippen LogP contribution < -0.4 is 5.73 Å². The Morgan fingerprint density at radius 1 is 1.59 bits per heavy atom. The van der Waals surface area contributed by atoms with Gasteiger partial charge in [-0.3, -0.25) is 4.79 Å². The number of carbonyl (C=O) groups is 1. The molecule has 0 saturated carbocycles. The monoisotopic (exact) mass is 266 g/mol. The summed E-state index contributed by atoms with van der Waals surface area (Å²) in [5, 5.41) is -0.985. The maximum Gasteiger partial charge on any atom is 0.443 e. The Hall–Kier alpha value is -0.950. The molecule has 0 aliphatic heterocycles. The second-order valence-corrected chi connectivity index (χ2v) is 4.70. The maximum absolute atomic E-state index is 12.3. The Balaban J connectivity index is 2.74. The lowest BCUT2D eigenvalue weighted by molar-refractivity contribution is -0.137. The molecule has 1 aromatic heterocycles. The van der Waals surface area contributed by atoms with E-state index in [0.29, 0.717) is 17.9 Å². The summed E-state index contributed by atoms with van der Waals surface area (Å²) in [5.41, 5.74) is 5.44. The van der Waals surface area contributed by atoms with Gasteiger partial charge in [0.1, 0.15) is 0 Å². The van der Waals surface area contributed by atoms with Crippen LogP contribution in [0, 0.1) is 5.92 Å². The van der Waals surface area contributed by atoms with E-state index >= 15 is 0 Å².